The van der Waals surface area contributed by atoms with Gasteiger partial charge in [-0.15, -0.1) is 0 Å². The first-order valence-corrected chi connectivity index (χ1v) is 8.21. The van der Waals surface area contributed by atoms with Crippen molar-refractivity contribution in [1.82, 2.24) is 5.32 Å². The zero-order valence-electron chi connectivity index (χ0n) is 13.6. The molecule has 114 valence electrons. The molecule has 0 fully saturated rings. The first kappa shape index (κ1) is 17.0. The molecule has 0 bridgehead atoms. The van der Waals surface area contributed by atoms with Crippen LogP contribution in [0.3, 0.4) is 0 Å². The lowest BCUT2D eigenvalue weighted by atomic mass is 10.0. The van der Waals surface area contributed by atoms with Crippen molar-refractivity contribution in [3.63, 3.8) is 0 Å². The van der Waals surface area contributed by atoms with Crippen molar-refractivity contribution >= 4 is 0 Å². The Hall–Kier alpha value is -1.02. The molecule has 0 heterocycles. The fraction of sp³-hybridized carbons (Fsp3) is 0.667. The Kier molecular flexibility index (Phi) is 8.36. The maximum Gasteiger partial charge on any atom is 0.124 e. The maximum atomic E-state index is 6.10. The first-order chi connectivity index (χ1) is 9.76. The van der Waals surface area contributed by atoms with Gasteiger partial charge in [-0.2, -0.15) is 0 Å². The molecule has 1 atom stereocenters. The molecule has 0 spiro atoms. The SMILES string of the molecule is CCCNC(CC)c1ccccc1OCC(CC)CC. The smallest absolute Gasteiger partial charge is 0.124 e. The molecular weight excluding hydrogens is 246 g/mol. The summed E-state index contributed by atoms with van der Waals surface area (Å²) in [6.45, 7) is 10.8. The number of hydrogen-bond acceptors (Lipinski definition) is 2. The molecule has 0 aliphatic heterocycles. The summed E-state index contributed by atoms with van der Waals surface area (Å²) in [5.41, 5.74) is 1.30. The molecule has 0 aromatic heterocycles. The van der Waals surface area contributed by atoms with Crippen LogP contribution in [0.5, 0.6) is 5.75 Å². The Morgan fingerprint density at radius 1 is 1.00 bits per heavy atom. The predicted octanol–water partition coefficient (Wildman–Crippen LogP) is 4.95. The van der Waals surface area contributed by atoms with Gasteiger partial charge < -0.3 is 10.1 Å². The van der Waals surface area contributed by atoms with E-state index in [0.717, 1.165) is 31.7 Å². The van der Waals surface area contributed by atoms with E-state index in [1.807, 2.05) is 0 Å². The number of nitrogens with one attached hydrogen (secondary N) is 1. The van der Waals surface area contributed by atoms with Crippen molar-refractivity contribution in [2.24, 2.45) is 5.92 Å². The highest BCUT2D eigenvalue weighted by Crippen LogP contribution is 2.28. The molecule has 0 aliphatic carbocycles. The van der Waals surface area contributed by atoms with E-state index in [4.69, 9.17) is 4.74 Å². The summed E-state index contributed by atoms with van der Waals surface area (Å²) in [6, 6.07) is 8.87. The predicted molar refractivity (Wildman–Crippen MR) is 87.3 cm³/mol. The molecule has 1 unspecified atom stereocenters. The molecule has 0 saturated carbocycles. The number of para-hydroxylation sites is 1. The summed E-state index contributed by atoms with van der Waals surface area (Å²) < 4.78 is 6.10. The number of benzene rings is 1. The van der Waals surface area contributed by atoms with E-state index in [-0.39, 0.29) is 0 Å². The van der Waals surface area contributed by atoms with Crippen molar-refractivity contribution in [2.75, 3.05) is 13.2 Å². The summed E-state index contributed by atoms with van der Waals surface area (Å²) in [5.74, 6) is 1.71. The van der Waals surface area contributed by atoms with E-state index in [1.54, 1.807) is 0 Å². The molecule has 0 radical (unpaired) electrons. The third-order valence-corrected chi connectivity index (χ3v) is 3.97. The van der Waals surface area contributed by atoms with Gasteiger partial charge in [0.2, 0.25) is 0 Å². The number of ether oxygens (including phenoxy) is 1. The second kappa shape index (κ2) is 9.82. The van der Waals surface area contributed by atoms with Gasteiger partial charge in [-0.1, -0.05) is 58.7 Å². The zero-order chi connectivity index (χ0) is 14.8. The van der Waals surface area contributed by atoms with Crippen LogP contribution in [0.1, 0.15) is 65.0 Å². The van der Waals surface area contributed by atoms with Crippen molar-refractivity contribution in [2.45, 2.75) is 59.4 Å². The highest BCUT2D eigenvalue weighted by atomic mass is 16.5. The summed E-state index contributed by atoms with van der Waals surface area (Å²) in [4.78, 5) is 0. The largest absolute Gasteiger partial charge is 0.493 e. The average molecular weight is 277 g/mol. The number of hydrogen-bond donors (Lipinski definition) is 1. The Bertz CT molecular complexity index is 360. The van der Waals surface area contributed by atoms with E-state index >= 15 is 0 Å². The molecule has 0 saturated heterocycles. The van der Waals surface area contributed by atoms with Gasteiger partial charge in [-0.3, -0.25) is 0 Å². The molecule has 0 aliphatic rings. The van der Waals surface area contributed by atoms with Gasteiger partial charge in [0.05, 0.1) is 6.61 Å². The summed E-state index contributed by atoms with van der Waals surface area (Å²) in [6.07, 6.45) is 4.62. The minimum Gasteiger partial charge on any atom is -0.493 e. The quantitative estimate of drug-likeness (QED) is 0.653. The lowest BCUT2D eigenvalue weighted by Crippen LogP contribution is -2.22. The van der Waals surface area contributed by atoms with Gasteiger partial charge in [0.1, 0.15) is 5.75 Å². The average Bonchev–Trinajstić information content (AvgIpc) is 2.50. The van der Waals surface area contributed by atoms with Crippen molar-refractivity contribution in [3.8, 4) is 5.75 Å². The van der Waals surface area contributed by atoms with Crippen LogP contribution in [0, 0.1) is 5.92 Å². The number of rotatable bonds is 10. The topological polar surface area (TPSA) is 21.3 Å². The van der Waals surface area contributed by atoms with Crippen molar-refractivity contribution in [1.29, 1.82) is 0 Å². The molecule has 0 amide bonds. The molecule has 2 nitrogen and oxygen atoms in total. The monoisotopic (exact) mass is 277 g/mol. The van der Waals surface area contributed by atoms with E-state index in [9.17, 15) is 0 Å². The summed E-state index contributed by atoms with van der Waals surface area (Å²) >= 11 is 0. The van der Waals surface area contributed by atoms with E-state index < -0.39 is 0 Å². The third kappa shape index (κ3) is 5.16. The van der Waals surface area contributed by atoms with Crippen LogP contribution in [0.15, 0.2) is 24.3 Å². The van der Waals surface area contributed by atoms with Gasteiger partial charge in [0, 0.05) is 11.6 Å². The minimum atomic E-state index is 0.396. The molecule has 1 N–H and O–H groups in total. The van der Waals surface area contributed by atoms with Gasteiger partial charge in [0.15, 0.2) is 0 Å². The third-order valence-electron chi connectivity index (χ3n) is 3.97. The van der Waals surface area contributed by atoms with Crippen LogP contribution in [0.25, 0.3) is 0 Å². The lowest BCUT2D eigenvalue weighted by molar-refractivity contribution is 0.236. The van der Waals surface area contributed by atoms with Crippen LogP contribution in [-0.2, 0) is 0 Å². The van der Waals surface area contributed by atoms with Crippen LogP contribution in [-0.4, -0.2) is 13.2 Å². The van der Waals surface area contributed by atoms with Crippen LogP contribution in [0.4, 0.5) is 0 Å². The van der Waals surface area contributed by atoms with Crippen LogP contribution >= 0.6 is 0 Å². The standard InChI is InChI=1S/C18H31NO/c1-5-13-19-17(8-4)16-11-9-10-12-18(16)20-14-15(6-2)7-3/h9-12,15,17,19H,5-8,13-14H2,1-4H3. The molecule has 2 heteroatoms. The Labute approximate surface area is 124 Å². The Balaban J connectivity index is 2.75. The molecule has 1 rings (SSSR count). The van der Waals surface area contributed by atoms with E-state index in [0.29, 0.717) is 12.0 Å². The van der Waals surface area contributed by atoms with Crippen LogP contribution in [0.2, 0.25) is 0 Å². The van der Waals surface area contributed by atoms with Gasteiger partial charge >= 0.3 is 0 Å². The normalized spacial score (nSPS) is 12.7. The zero-order valence-corrected chi connectivity index (χ0v) is 13.6. The van der Waals surface area contributed by atoms with E-state index in [1.165, 1.54) is 18.4 Å². The first-order valence-electron chi connectivity index (χ1n) is 8.21. The molecule has 1 aromatic carbocycles. The Morgan fingerprint density at radius 2 is 1.70 bits per heavy atom. The highest BCUT2D eigenvalue weighted by molar-refractivity contribution is 5.36. The maximum absolute atomic E-state index is 6.10. The lowest BCUT2D eigenvalue weighted by Gasteiger charge is -2.22. The molecule has 20 heavy (non-hydrogen) atoms. The summed E-state index contributed by atoms with van der Waals surface area (Å²) in [7, 11) is 0. The summed E-state index contributed by atoms with van der Waals surface area (Å²) in [5, 5.41) is 3.61. The second-order valence-electron chi connectivity index (χ2n) is 5.45. The van der Waals surface area contributed by atoms with Crippen molar-refractivity contribution < 1.29 is 4.74 Å². The molecular formula is C18H31NO. The second-order valence-corrected chi connectivity index (χ2v) is 5.45. The van der Waals surface area contributed by atoms with Gasteiger partial charge in [-0.25, -0.2) is 0 Å². The van der Waals surface area contributed by atoms with Crippen LogP contribution < -0.4 is 10.1 Å². The van der Waals surface area contributed by atoms with E-state index in [2.05, 4.69) is 57.3 Å². The molecule has 1 aromatic rings. The minimum absolute atomic E-state index is 0.396. The fourth-order valence-electron chi connectivity index (χ4n) is 2.42. The fourth-order valence-corrected chi connectivity index (χ4v) is 2.42. The highest BCUT2D eigenvalue weighted by Gasteiger charge is 2.14. The van der Waals surface area contributed by atoms with Gasteiger partial charge in [-0.05, 0) is 31.4 Å². The van der Waals surface area contributed by atoms with Gasteiger partial charge in [0.25, 0.3) is 0 Å². The Morgan fingerprint density at radius 3 is 2.30 bits per heavy atom. The van der Waals surface area contributed by atoms with Crippen molar-refractivity contribution in [3.05, 3.63) is 29.8 Å².